The molecule has 0 bridgehead atoms. The fourth-order valence-electron chi connectivity index (χ4n) is 2.73. The Kier molecular flexibility index (Phi) is 5.05. The van der Waals surface area contributed by atoms with Crippen molar-refractivity contribution < 1.29 is 4.79 Å². The van der Waals surface area contributed by atoms with E-state index in [0.717, 1.165) is 27.9 Å². The third-order valence-corrected chi connectivity index (χ3v) is 4.22. The molecule has 0 radical (unpaired) electrons. The third kappa shape index (κ3) is 4.20. The highest BCUT2D eigenvalue weighted by atomic mass is 35.5. The van der Waals surface area contributed by atoms with E-state index < -0.39 is 0 Å². The number of amides is 2. The molecule has 0 unspecified atom stereocenters. The first-order valence-corrected chi connectivity index (χ1v) is 8.41. The second kappa shape index (κ2) is 7.41. The van der Waals surface area contributed by atoms with Crippen molar-refractivity contribution in [2.45, 2.75) is 13.8 Å². The molecule has 0 spiro atoms. The summed E-state index contributed by atoms with van der Waals surface area (Å²) >= 11 is 6.23. The first-order valence-electron chi connectivity index (χ1n) is 8.03. The summed E-state index contributed by atoms with van der Waals surface area (Å²) in [5.41, 5.74) is 5.58. The van der Waals surface area contributed by atoms with Crippen LogP contribution in [-0.4, -0.2) is 6.03 Å². The number of carbonyl (C=O) groups excluding carboxylic acids is 1. The van der Waals surface area contributed by atoms with Crippen molar-refractivity contribution in [3.05, 3.63) is 82.9 Å². The van der Waals surface area contributed by atoms with Crippen LogP contribution in [0.15, 0.2) is 66.7 Å². The van der Waals surface area contributed by atoms with Crippen molar-refractivity contribution in [2.24, 2.45) is 0 Å². The number of carbonyl (C=O) groups is 1. The van der Waals surface area contributed by atoms with Crippen LogP contribution < -0.4 is 10.6 Å². The molecule has 2 amide bonds. The number of halogens is 1. The molecule has 25 heavy (non-hydrogen) atoms. The highest BCUT2D eigenvalue weighted by molar-refractivity contribution is 6.34. The van der Waals surface area contributed by atoms with Gasteiger partial charge in [-0.3, -0.25) is 0 Å². The Labute approximate surface area is 152 Å². The summed E-state index contributed by atoms with van der Waals surface area (Å²) in [7, 11) is 0. The number of aryl methyl sites for hydroxylation is 2. The minimum atomic E-state index is -0.318. The van der Waals surface area contributed by atoms with Crippen molar-refractivity contribution in [1.82, 2.24) is 0 Å². The van der Waals surface area contributed by atoms with E-state index in [0.29, 0.717) is 10.7 Å². The van der Waals surface area contributed by atoms with Gasteiger partial charge >= 0.3 is 6.03 Å². The number of urea groups is 1. The van der Waals surface area contributed by atoms with Crippen LogP contribution in [0.3, 0.4) is 0 Å². The van der Waals surface area contributed by atoms with E-state index in [1.165, 1.54) is 0 Å². The predicted molar refractivity (Wildman–Crippen MR) is 105 cm³/mol. The van der Waals surface area contributed by atoms with Crippen molar-refractivity contribution in [1.29, 1.82) is 0 Å². The monoisotopic (exact) mass is 350 g/mol. The number of hydrogen-bond acceptors (Lipinski definition) is 1. The van der Waals surface area contributed by atoms with Gasteiger partial charge in [0.25, 0.3) is 0 Å². The largest absolute Gasteiger partial charge is 0.323 e. The molecule has 0 aliphatic heterocycles. The number of benzene rings is 3. The van der Waals surface area contributed by atoms with Gasteiger partial charge in [-0.15, -0.1) is 0 Å². The van der Waals surface area contributed by atoms with Gasteiger partial charge in [0, 0.05) is 5.69 Å². The topological polar surface area (TPSA) is 41.1 Å². The summed E-state index contributed by atoms with van der Waals surface area (Å²) in [6.45, 7) is 3.89. The molecule has 0 aliphatic carbocycles. The predicted octanol–water partition coefficient (Wildman–Crippen LogP) is 6.27. The Morgan fingerprint density at radius 1 is 0.840 bits per heavy atom. The summed E-state index contributed by atoms with van der Waals surface area (Å²) in [6, 6.07) is 21.3. The van der Waals surface area contributed by atoms with E-state index in [-0.39, 0.29) is 6.03 Å². The molecule has 4 heteroatoms. The van der Waals surface area contributed by atoms with E-state index in [9.17, 15) is 4.79 Å². The highest BCUT2D eigenvalue weighted by Gasteiger charge is 2.09. The van der Waals surface area contributed by atoms with Crippen LogP contribution in [-0.2, 0) is 0 Å². The SMILES string of the molecule is Cc1cc(C)c(NC(=O)Nc2ccc(-c3ccccc3)cc2)c(Cl)c1. The zero-order valence-corrected chi connectivity index (χ0v) is 14.9. The lowest BCUT2D eigenvalue weighted by Crippen LogP contribution is -2.20. The van der Waals surface area contributed by atoms with Gasteiger partial charge < -0.3 is 10.6 Å². The summed E-state index contributed by atoms with van der Waals surface area (Å²) in [4.78, 5) is 12.2. The van der Waals surface area contributed by atoms with Gasteiger partial charge in [-0.1, -0.05) is 60.1 Å². The van der Waals surface area contributed by atoms with E-state index in [4.69, 9.17) is 11.6 Å². The lowest BCUT2D eigenvalue weighted by Gasteiger charge is -2.13. The van der Waals surface area contributed by atoms with Gasteiger partial charge in [-0.25, -0.2) is 4.79 Å². The Balaban J connectivity index is 1.70. The molecule has 0 saturated heterocycles. The van der Waals surface area contributed by atoms with E-state index in [2.05, 4.69) is 22.8 Å². The summed E-state index contributed by atoms with van der Waals surface area (Å²) in [6.07, 6.45) is 0. The maximum atomic E-state index is 12.2. The number of hydrogen-bond donors (Lipinski definition) is 2. The smallest absolute Gasteiger partial charge is 0.308 e. The second-order valence-corrected chi connectivity index (χ2v) is 6.37. The summed E-state index contributed by atoms with van der Waals surface area (Å²) in [5.74, 6) is 0. The van der Waals surface area contributed by atoms with Gasteiger partial charge in [-0.2, -0.15) is 0 Å². The zero-order valence-electron chi connectivity index (χ0n) is 14.1. The Morgan fingerprint density at radius 3 is 2.12 bits per heavy atom. The summed E-state index contributed by atoms with van der Waals surface area (Å²) in [5, 5.41) is 6.18. The molecule has 0 fully saturated rings. The van der Waals surface area contributed by atoms with Crippen molar-refractivity contribution in [3.8, 4) is 11.1 Å². The Morgan fingerprint density at radius 2 is 1.48 bits per heavy atom. The number of anilines is 2. The summed E-state index contributed by atoms with van der Waals surface area (Å²) < 4.78 is 0. The molecular formula is C21H19ClN2O. The molecule has 0 aliphatic rings. The van der Waals surface area contributed by atoms with Crippen LogP contribution >= 0.6 is 11.6 Å². The molecule has 3 aromatic carbocycles. The van der Waals surface area contributed by atoms with Crippen LogP contribution in [0, 0.1) is 13.8 Å². The van der Waals surface area contributed by atoms with E-state index in [1.807, 2.05) is 68.4 Å². The number of nitrogens with one attached hydrogen (secondary N) is 2. The van der Waals surface area contributed by atoms with Crippen molar-refractivity contribution in [2.75, 3.05) is 10.6 Å². The number of rotatable bonds is 3. The van der Waals surface area contributed by atoms with Crippen LogP contribution in [0.1, 0.15) is 11.1 Å². The fraction of sp³-hybridized carbons (Fsp3) is 0.0952. The molecule has 0 heterocycles. The maximum absolute atomic E-state index is 12.2. The minimum absolute atomic E-state index is 0.318. The lowest BCUT2D eigenvalue weighted by molar-refractivity contribution is 0.262. The molecular weight excluding hydrogens is 332 g/mol. The fourth-order valence-corrected chi connectivity index (χ4v) is 3.09. The van der Waals surface area contributed by atoms with Crippen LogP contribution in [0.2, 0.25) is 5.02 Å². The van der Waals surface area contributed by atoms with Gasteiger partial charge in [0.1, 0.15) is 0 Å². The molecule has 0 aromatic heterocycles. The molecule has 0 saturated carbocycles. The highest BCUT2D eigenvalue weighted by Crippen LogP contribution is 2.27. The van der Waals surface area contributed by atoms with Crippen molar-refractivity contribution in [3.63, 3.8) is 0 Å². The van der Waals surface area contributed by atoms with Crippen LogP contribution in [0.25, 0.3) is 11.1 Å². The second-order valence-electron chi connectivity index (χ2n) is 5.96. The quantitative estimate of drug-likeness (QED) is 0.574. The molecule has 3 rings (SSSR count). The average Bonchev–Trinajstić information content (AvgIpc) is 2.59. The molecule has 2 N–H and O–H groups in total. The lowest BCUT2D eigenvalue weighted by atomic mass is 10.1. The third-order valence-electron chi connectivity index (χ3n) is 3.92. The maximum Gasteiger partial charge on any atom is 0.323 e. The van der Waals surface area contributed by atoms with Gasteiger partial charge in [-0.05, 0) is 54.3 Å². The van der Waals surface area contributed by atoms with Crippen LogP contribution in [0.4, 0.5) is 16.2 Å². The standard InChI is InChI=1S/C21H19ClN2O/c1-14-12-15(2)20(19(22)13-14)24-21(25)23-18-10-8-17(9-11-18)16-6-4-3-5-7-16/h3-13H,1-2H3,(H2,23,24,25). The molecule has 126 valence electrons. The normalized spacial score (nSPS) is 10.4. The van der Waals surface area contributed by atoms with E-state index in [1.54, 1.807) is 0 Å². The van der Waals surface area contributed by atoms with Gasteiger partial charge in [0.15, 0.2) is 0 Å². The van der Waals surface area contributed by atoms with E-state index >= 15 is 0 Å². The molecule has 3 aromatic rings. The van der Waals surface area contributed by atoms with Crippen LogP contribution in [0.5, 0.6) is 0 Å². The zero-order chi connectivity index (χ0) is 17.8. The first kappa shape index (κ1) is 17.1. The molecule has 0 atom stereocenters. The molecule has 3 nitrogen and oxygen atoms in total. The van der Waals surface area contributed by atoms with Gasteiger partial charge in [0.05, 0.1) is 10.7 Å². The Bertz CT molecular complexity index is 867. The minimum Gasteiger partial charge on any atom is -0.308 e. The average molecular weight is 351 g/mol. The Hall–Kier alpha value is -2.78. The van der Waals surface area contributed by atoms with Crippen molar-refractivity contribution >= 4 is 29.0 Å². The van der Waals surface area contributed by atoms with Gasteiger partial charge in [0.2, 0.25) is 0 Å². The first-order chi connectivity index (χ1) is 12.0.